The summed E-state index contributed by atoms with van der Waals surface area (Å²) in [5, 5.41) is 10.5. The number of halogens is 1. The molecule has 4 rings (SSSR count). The smallest absolute Gasteiger partial charge is 0.176 e. The predicted octanol–water partition coefficient (Wildman–Crippen LogP) is 2.20. The summed E-state index contributed by atoms with van der Waals surface area (Å²) in [5.74, 6) is 0.473. The summed E-state index contributed by atoms with van der Waals surface area (Å²) in [5.41, 5.74) is 8.58. The van der Waals surface area contributed by atoms with Crippen LogP contribution in [0.1, 0.15) is 11.1 Å². The van der Waals surface area contributed by atoms with E-state index in [9.17, 15) is 4.39 Å². The lowest BCUT2D eigenvalue weighted by atomic mass is 10.2. The molecule has 2 N–H and O–H groups in total. The molecule has 0 unspecified atom stereocenters. The summed E-state index contributed by atoms with van der Waals surface area (Å²) in [6, 6.07) is 16.3. The van der Waals surface area contributed by atoms with Gasteiger partial charge in [-0.3, -0.25) is 5.01 Å². The minimum Gasteiger partial charge on any atom is -0.266 e. The van der Waals surface area contributed by atoms with Crippen LogP contribution < -0.4 is 11.1 Å². The number of hydrogen-bond acceptors (Lipinski definition) is 5. The van der Waals surface area contributed by atoms with E-state index in [0.717, 1.165) is 22.6 Å². The van der Waals surface area contributed by atoms with E-state index in [1.54, 1.807) is 23.0 Å². The van der Waals surface area contributed by atoms with Crippen LogP contribution >= 0.6 is 0 Å². The van der Waals surface area contributed by atoms with Crippen molar-refractivity contribution in [3.63, 3.8) is 0 Å². The quantitative estimate of drug-likeness (QED) is 0.773. The molecule has 1 aliphatic rings. The number of nitrogens with one attached hydrogen (secondary N) is 2. The van der Waals surface area contributed by atoms with Crippen molar-refractivity contribution in [3.05, 3.63) is 83.9 Å². The summed E-state index contributed by atoms with van der Waals surface area (Å²) in [6.07, 6.45) is 3.59. The van der Waals surface area contributed by atoms with Gasteiger partial charge >= 0.3 is 0 Å². The van der Waals surface area contributed by atoms with Gasteiger partial charge in [0.05, 0.1) is 24.0 Å². The highest BCUT2D eigenvalue weighted by Gasteiger charge is 2.20. The van der Waals surface area contributed by atoms with Crippen molar-refractivity contribution in [1.82, 2.24) is 25.9 Å². The Hall–Kier alpha value is -3.19. The van der Waals surface area contributed by atoms with Crippen molar-refractivity contribution in [2.75, 3.05) is 0 Å². The van der Waals surface area contributed by atoms with Gasteiger partial charge in [-0.1, -0.05) is 30.3 Å². The van der Waals surface area contributed by atoms with Gasteiger partial charge < -0.3 is 0 Å². The number of hydrazine groups is 2. The fraction of sp³-hybridized carbons (Fsp3) is 0.0588. The Bertz CT molecular complexity index is 856. The third-order valence-electron chi connectivity index (χ3n) is 3.72. The first kappa shape index (κ1) is 14.4. The SMILES string of the molecule is Fc1ccc(-n2cc(C3=NNNN3Cc3ccccc3)cn2)cc1. The molecule has 1 aromatic heterocycles. The van der Waals surface area contributed by atoms with E-state index in [-0.39, 0.29) is 5.82 Å². The van der Waals surface area contributed by atoms with Crippen molar-refractivity contribution in [3.8, 4) is 5.69 Å². The average molecular weight is 322 g/mol. The van der Waals surface area contributed by atoms with Crippen molar-refractivity contribution < 1.29 is 4.39 Å². The highest BCUT2D eigenvalue weighted by molar-refractivity contribution is 5.98. The van der Waals surface area contributed by atoms with Crippen LogP contribution in [0.3, 0.4) is 0 Å². The lowest BCUT2D eigenvalue weighted by Crippen LogP contribution is -2.40. The molecule has 2 aromatic carbocycles. The molecular formula is C17H15FN6. The van der Waals surface area contributed by atoms with Gasteiger partial charge in [-0.15, -0.1) is 10.6 Å². The van der Waals surface area contributed by atoms with Gasteiger partial charge in [-0.05, 0) is 29.8 Å². The summed E-state index contributed by atoms with van der Waals surface area (Å²) in [6.45, 7) is 0.661. The van der Waals surface area contributed by atoms with Gasteiger partial charge in [0, 0.05) is 6.20 Å². The lowest BCUT2D eigenvalue weighted by molar-refractivity contribution is 0.288. The van der Waals surface area contributed by atoms with Gasteiger partial charge in [0.1, 0.15) is 5.82 Å². The number of benzene rings is 2. The molecule has 2 heterocycles. The molecule has 1 aliphatic heterocycles. The highest BCUT2D eigenvalue weighted by Crippen LogP contribution is 2.14. The molecular weight excluding hydrogens is 307 g/mol. The first-order valence-electron chi connectivity index (χ1n) is 7.50. The van der Waals surface area contributed by atoms with E-state index in [4.69, 9.17) is 0 Å². The molecule has 0 atom stereocenters. The zero-order valence-electron chi connectivity index (χ0n) is 12.7. The number of hydrazone groups is 1. The number of hydrogen-bond donors (Lipinski definition) is 2. The van der Waals surface area contributed by atoms with Crippen LogP contribution in [0.2, 0.25) is 0 Å². The molecule has 6 nitrogen and oxygen atoms in total. The molecule has 0 radical (unpaired) electrons. The fourth-order valence-electron chi connectivity index (χ4n) is 2.53. The summed E-state index contributed by atoms with van der Waals surface area (Å²) in [4.78, 5) is 0. The first-order valence-corrected chi connectivity index (χ1v) is 7.50. The van der Waals surface area contributed by atoms with Crippen molar-refractivity contribution in [2.45, 2.75) is 6.54 Å². The summed E-state index contributed by atoms with van der Waals surface area (Å²) >= 11 is 0. The van der Waals surface area contributed by atoms with Crippen molar-refractivity contribution >= 4 is 5.84 Å². The normalized spacial score (nSPS) is 13.7. The minimum absolute atomic E-state index is 0.270. The standard InChI is InChI=1S/C17H15FN6/c18-15-6-8-16(9-7-15)23-12-14(10-19-23)17-20-21-22-24(17)11-13-4-2-1-3-5-13/h1-10,12,21-22H,11H2. The van der Waals surface area contributed by atoms with E-state index >= 15 is 0 Å². The van der Waals surface area contributed by atoms with Gasteiger partial charge in [0.2, 0.25) is 0 Å². The largest absolute Gasteiger partial charge is 0.266 e. The maximum absolute atomic E-state index is 13.0. The molecule has 0 spiro atoms. The Kier molecular flexibility index (Phi) is 3.68. The number of aromatic nitrogens is 2. The molecule has 0 saturated carbocycles. The Morgan fingerprint density at radius 3 is 2.58 bits per heavy atom. The Balaban J connectivity index is 1.56. The number of nitrogens with zero attached hydrogens (tertiary/aromatic N) is 4. The van der Waals surface area contributed by atoms with E-state index in [1.807, 2.05) is 29.4 Å². The van der Waals surface area contributed by atoms with Crippen molar-refractivity contribution in [2.24, 2.45) is 5.10 Å². The van der Waals surface area contributed by atoms with Gasteiger partial charge in [-0.25, -0.2) is 14.6 Å². The molecule has 0 aliphatic carbocycles. The van der Waals surface area contributed by atoms with Crippen LogP contribution in [-0.4, -0.2) is 20.6 Å². The molecule has 0 bridgehead atoms. The van der Waals surface area contributed by atoms with Crippen LogP contribution in [0.5, 0.6) is 0 Å². The maximum atomic E-state index is 13.0. The first-order chi connectivity index (χ1) is 11.8. The molecule has 0 saturated heterocycles. The third-order valence-corrected chi connectivity index (χ3v) is 3.72. The van der Waals surface area contributed by atoms with Gasteiger partial charge in [-0.2, -0.15) is 5.10 Å². The van der Waals surface area contributed by atoms with Crippen LogP contribution in [-0.2, 0) is 6.54 Å². The highest BCUT2D eigenvalue weighted by atomic mass is 19.1. The van der Waals surface area contributed by atoms with Crippen molar-refractivity contribution in [1.29, 1.82) is 0 Å². The topological polar surface area (TPSA) is 57.5 Å². The second-order valence-corrected chi connectivity index (χ2v) is 5.38. The number of rotatable bonds is 4. The van der Waals surface area contributed by atoms with E-state index < -0.39 is 0 Å². The molecule has 0 fully saturated rings. The fourth-order valence-corrected chi connectivity index (χ4v) is 2.53. The van der Waals surface area contributed by atoms with Crippen LogP contribution in [0.15, 0.2) is 72.1 Å². The molecule has 7 heteroatoms. The summed E-state index contributed by atoms with van der Waals surface area (Å²) < 4.78 is 14.7. The van der Waals surface area contributed by atoms with E-state index in [1.165, 1.54) is 12.1 Å². The number of amidine groups is 1. The van der Waals surface area contributed by atoms with E-state index in [2.05, 4.69) is 33.4 Å². The summed E-state index contributed by atoms with van der Waals surface area (Å²) in [7, 11) is 0. The Labute approximate surface area is 138 Å². The maximum Gasteiger partial charge on any atom is 0.176 e. The van der Waals surface area contributed by atoms with Crippen LogP contribution in [0, 0.1) is 5.82 Å². The predicted molar refractivity (Wildman–Crippen MR) is 88.3 cm³/mol. The second kappa shape index (κ2) is 6.13. The van der Waals surface area contributed by atoms with Crippen LogP contribution in [0.25, 0.3) is 5.69 Å². The molecule has 24 heavy (non-hydrogen) atoms. The minimum atomic E-state index is -0.270. The van der Waals surface area contributed by atoms with Crippen LogP contribution in [0.4, 0.5) is 4.39 Å². The third kappa shape index (κ3) is 2.84. The average Bonchev–Trinajstić information content (AvgIpc) is 3.25. The molecule has 120 valence electrons. The second-order valence-electron chi connectivity index (χ2n) is 5.38. The molecule has 0 amide bonds. The lowest BCUT2D eigenvalue weighted by Gasteiger charge is -2.18. The zero-order valence-corrected chi connectivity index (χ0v) is 12.7. The van der Waals surface area contributed by atoms with Gasteiger partial charge in [0.15, 0.2) is 5.84 Å². The van der Waals surface area contributed by atoms with E-state index in [0.29, 0.717) is 6.54 Å². The van der Waals surface area contributed by atoms with Gasteiger partial charge in [0.25, 0.3) is 0 Å². The Morgan fingerprint density at radius 1 is 1.00 bits per heavy atom. The molecule has 3 aromatic rings. The zero-order chi connectivity index (χ0) is 16.4. The Morgan fingerprint density at radius 2 is 1.79 bits per heavy atom. The monoisotopic (exact) mass is 322 g/mol.